The van der Waals surface area contributed by atoms with Gasteiger partial charge in [0.15, 0.2) is 11.5 Å². The number of nitrogens with one attached hydrogen (secondary N) is 2. The Morgan fingerprint density at radius 1 is 0.935 bits per heavy atom. The van der Waals surface area contributed by atoms with Gasteiger partial charge in [0.1, 0.15) is 0 Å². The molecule has 0 bridgehead atoms. The molecule has 0 aliphatic heterocycles. The lowest BCUT2D eigenvalue weighted by molar-refractivity contribution is -0.120. The standard InChI is InChI=1S/C23H29N3O5/c1-15(2)11-18(16-9-7-6-8-10-16)25-26-21(27)14-24-23(28)17-12-19(29-3)22(31-5)20(13-17)30-4/h6-10,12-13,15H,11,14H2,1-5H3,(H,24,28)(H,26,27). The number of hydrogen-bond acceptors (Lipinski definition) is 6. The normalized spacial score (nSPS) is 11.1. The highest BCUT2D eigenvalue weighted by Crippen LogP contribution is 2.38. The van der Waals surface area contributed by atoms with E-state index in [1.807, 2.05) is 30.3 Å². The molecule has 0 atom stereocenters. The molecule has 0 saturated carbocycles. The van der Waals surface area contributed by atoms with E-state index in [0.717, 1.165) is 11.3 Å². The summed E-state index contributed by atoms with van der Waals surface area (Å²) in [6.07, 6.45) is 0.710. The van der Waals surface area contributed by atoms with Gasteiger partial charge in [0.2, 0.25) is 5.75 Å². The van der Waals surface area contributed by atoms with E-state index < -0.39 is 11.8 Å². The molecule has 0 aliphatic rings. The highest BCUT2D eigenvalue weighted by molar-refractivity contribution is 6.01. The molecule has 0 aliphatic carbocycles. The maximum Gasteiger partial charge on any atom is 0.259 e. The van der Waals surface area contributed by atoms with E-state index in [-0.39, 0.29) is 12.1 Å². The van der Waals surface area contributed by atoms with Crippen LogP contribution in [0.4, 0.5) is 0 Å². The van der Waals surface area contributed by atoms with E-state index >= 15 is 0 Å². The van der Waals surface area contributed by atoms with E-state index in [1.165, 1.54) is 33.5 Å². The van der Waals surface area contributed by atoms with Gasteiger partial charge in [-0.15, -0.1) is 0 Å². The number of carbonyl (C=O) groups is 2. The number of rotatable bonds is 10. The molecule has 0 heterocycles. The van der Waals surface area contributed by atoms with Gasteiger partial charge < -0.3 is 19.5 Å². The molecule has 8 nitrogen and oxygen atoms in total. The van der Waals surface area contributed by atoms with Crippen LogP contribution >= 0.6 is 0 Å². The molecule has 0 spiro atoms. The fourth-order valence-corrected chi connectivity index (χ4v) is 2.89. The van der Waals surface area contributed by atoms with Crippen molar-refractivity contribution >= 4 is 17.5 Å². The third-order valence-electron chi connectivity index (χ3n) is 4.36. The van der Waals surface area contributed by atoms with Crippen LogP contribution in [-0.4, -0.2) is 45.4 Å². The van der Waals surface area contributed by atoms with Crippen LogP contribution in [0.25, 0.3) is 0 Å². The number of hydrogen-bond donors (Lipinski definition) is 2. The van der Waals surface area contributed by atoms with E-state index in [4.69, 9.17) is 14.2 Å². The Morgan fingerprint density at radius 2 is 1.55 bits per heavy atom. The molecule has 0 fully saturated rings. The minimum atomic E-state index is -0.455. The molecule has 0 radical (unpaired) electrons. The minimum absolute atomic E-state index is 0.233. The molecule has 31 heavy (non-hydrogen) atoms. The van der Waals surface area contributed by atoms with Crippen molar-refractivity contribution in [3.05, 3.63) is 53.6 Å². The third-order valence-corrected chi connectivity index (χ3v) is 4.36. The van der Waals surface area contributed by atoms with Crippen LogP contribution in [0.5, 0.6) is 17.2 Å². The Hall–Kier alpha value is -3.55. The average molecular weight is 428 g/mol. The lowest BCUT2D eigenvalue weighted by atomic mass is 10.0. The quantitative estimate of drug-likeness (QED) is 0.449. The summed E-state index contributed by atoms with van der Waals surface area (Å²) in [6.45, 7) is 3.93. The second-order valence-corrected chi connectivity index (χ2v) is 7.15. The highest BCUT2D eigenvalue weighted by Gasteiger charge is 2.17. The summed E-state index contributed by atoms with van der Waals surface area (Å²) in [6, 6.07) is 12.7. The smallest absolute Gasteiger partial charge is 0.259 e. The first-order valence-electron chi connectivity index (χ1n) is 9.88. The first-order chi connectivity index (χ1) is 14.9. The van der Waals surface area contributed by atoms with Crippen LogP contribution in [0.15, 0.2) is 47.6 Å². The van der Waals surface area contributed by atoms with Crippen LogP contribution in [0, 0.1) is 5.92 Å². The monoisotopic (exact) mass is 427 g/mol. The van der Waals surface area contributed by atoms with Gasteiger partial charge in [-0.25, -0.2) is 5.43 Å². The SMILES string of the molecule is COc1cc(C(=O)NCC(=O)NN=C(CC(C)C)c2ccccc2)cc(OC)c1OC. The van der Waals surface area contributed by atoms with E-state index in [0.29, 0.717) is 29.6 Å². The average Bonchev–Trinajstić information content (AvgIpc) is 2.79. The predicted octanol–water partition coefficient (Wildman–Crippen LogP) is 3.01. The summed E-state index contributed by atoms with van der Waals surface area (Å²) in [5.74, 6) is 0.564. The van der Waals surface area contributed by atoms with Crippen molar-refractivity contribution in [1.29, 1.82) is 0 Å². The zero-order valence-electron chi connectivity index (χ0n) is 18.5. The molecular formula is C23H29N3O5. The van der Waals surface area contributed by atoms with Crippen molar-refractivity contribution in [2.24, 2.45) is 11.0 Å². The van der Waals surface area contributed by atoms with Crippen LogP contribution in [-0.2, 0) is 4.79 Å². The molecule has 0 unspecified atom stereocenters. The predicted molar refractivity (Wildman–Crippen MR) is 119 cm³/mol. The van der Waals surface area contributed by atoms with Gasteiger partial charge in [-0.2, -0.15) is 5.10 Å². The lowest BCUT2D eigenvalue weighted by Crippen LogP contribution is -2.35. The summed E-state index contributed by atoms with van der Waals surface area (Å²) in [4.78, 5) is 24.8. The lowest BCUT2D eigenvalue weighted by Gasteiger charge is -2.14. The molecule has 166 valence electrons. The van der Waals surface area contributed by atoms with Crippen molar-refractivity contribution < 1.29 is 23.8 Å². The minimum Gasteiger partial charge on any atom is -0.493 e. The molecule has 2 aromatic carbocycles. The maximum atomic E-state index is 12.5. The van der Waals surface area contributed by atoms with Gasteiger partial charge in [0.05, 0.1) is 33.6 Å². The number of hydrazone groups is 1. The van der Waals surface area contributed by atoms with Crippen LogP contribution < -0.4 is 25.0 Å². The Kier molecular flexibility index (Phi) is 8.87. The topological polar surface area (TPSA) is 98.2 Å². The first-order valence-corrected chi connectivity index (χ1v) is 9.88. The van der Waals surface area contributed by atoms with Crippen molar-refractivity contribution in [1.82, 2.24) is 10.7 Å². The Bertz CT molecular complexity index is 901. The molecule has 2 N–H and O–H groups in total. The summed E-state index contributed by atoms with van der Waals surface area (Å²) in [7, 11) is 4.41. The number of carbonyl (C=O) groups excluding carboxylic acids is 2. The number of ether oxygens (including phenoxy) is 3. The summed E-state index contributed by atoms with van der Waals surface area (Å²) in [5, 5.41) is 6.84. The van der Waals surface area contributed by atoms with Crippen molar-refractivity contribution in [3.63, 3.8) is 0 Å². The second kappa shape index (κ2) is 11.6. The Balaban J connectivity index is 2.05. The van der Waals surface area contributed by atoms with Gasteiger partial charge in [0.25, 0.3) is 11.8 Å². The first kappa shape index (κ1) is 23.7. The number of benzene rings is 2. The fourth-order valence-electron chi connectivity index (χ4n) is 2.89. The summed E-state index contributed by atoms with van der Waals surface area (Å²) < 4.78 is 15.8. The Labute approximate surface area is 182 Å². The van der Waals surface area contributed by atoms with Gasteiger partial charge in [-0.05, 0) is 30.0 Å². The highest BCUT2D eigenvalue weighted by atomic mass is 16.5. The van der Waals surface area contributed by atoms with Crippen molar-refractivity contribution in [2.75, 3.05) is 27.9 Å². The Morgan fingerprint density at radius 3 is 2.06 bits per heavy atom. The number of methoxy groups -OCH3 is 3. The van der Waals surface area contributed by atoms with Gasteiger partial charge in [0, 0.05) is 5.56 Å². The number of amides is 2. The van der Waals surface area contributed by atoms with E-state index in [9.17, 15) is 9.59 Å². The largest absolute Gasteiger partial charge is 0.493 e. The van der Waals surface area contributed by atoms with Crippen LogP contribution in [0.2, 0.25) is 0 Å². The fraction of sp³-hybridized carbons (Fsp3) is 0.348. The van der Waals surface area contributed by atoms with Crippen molar-refractivity contribution in [2.45, 2.75) is 20.3 Å². The molecule has 0 aromatic heterocycles. The van der Waals surface area contributed by atoms with E-state index in [2.05, 4.69) is 29.7 Å². The van der Waals surface area contributed by atoms with Crippen LogP contribution in [0.1, 0.15) is 36.2 Å². The summed E-state index contributed by atoms with van der Waals surface area (Å²) >= 11 is 0. The molecular weight excluding hydrogens is 398 g/mol. The van der Waals surface area contributed by atoms with Gasteiger partial charge in [-0.3, -0.25) is 9.59 Å². The molecule has 2 aromatic rings. The number of nitrogens with zero attached hydrogens (tertiary/aromatic N) is 1. The molecule has 2 amide bonds. The van der Waals surface area contributed by atoms with Gasteiger partial charge in [-0.1, -0.05) is 44.2 Å². The van der Waals surface area contributed by atoms with E-state index in [1.54, 1.807) is 0 Å². The summed E-state index contributed by atoms with van der Waals surface area (Å²) in [5.41, 5.74) is 4.52. The van der Waals surface area contributed by atoms with Gasteiger partial charge >= 0.3 is 0 Å². The van der Waals surface area contributed by atoms with Crippen LogP contribution in [0.3, 0.4) is 0 Å². The second-order valence-electron chi connectivity index (χ2n) is 7.15. The van der Waals surface area contributed by atoms with Crippen molar-refractivity contribution in [3.8, 4) is 17.2 Å². The zero-order chi connectivity index (χ0) is 22.8. The third kappa shape index (κ3) is 6.74. The zero-order valence-corrected chi connectivity index (χ0v) is 18.5. The molecule has 2 rings (SSSR count). The maximum absolute atomic E-state index is 12.5. The molecule has 8 heteroatoms. The molecule has 0 saturated heterocycles.